The lowest BCUT2D eigenvalue weighted by Crippen LogP contribution is -2.45. The maximum atomic E-state index is 6.18. The fraction of sp³-hybridized carbons (Fsp3) is 0.333. The summed E-state index contributed by atoms with van der Waals surface area (Å²) in [7, 11) is 2.13. The zero-order valence-corrected chi connectivity index (χ0v) is 17.4. The van der Waals surface area contributed by atoms with Gasteiger partial charge in [0.1, 0.15) is 16.8 Å². The van der Waals surface area contributed by atoms with Crippen LogP contribution in [-0.4, -0.2) is 58.1 Å². The van der Waals surface area contributed by atoms with Crippen LogP contribution in [0.25, 0.3) is 11.1 Å². The Bertz CT molecular complexity index is 972. The average molecular weight is 410 g/mol. The van der Waals surface area contributed by atoms with E-state index in [0.717, 1.165) is 49.6 Å². The molecule has 150 valence electrons. The van der Waals surface area contributed by atoms with Crippen LogP contribution in [0.2, 0.25) is 5.15 Å². The highest BCUT2D eigenvalue weighted by Crippen LogP contribution is 2.29. The number of aryl methyl sites for hydroxylation is 1. The molecule has 29 heavy (non-hydrogen) atoms. The van der Waals surface area contributed by atoms with Gasteiger partial charge in [-0.05, 0) is 24.7 Å². The summed E-state index contributed by atoms with van der Waals surface area (Å²) in [4.78, 5) is 22.9. The molecule has 3 heterocycles. The van der Waals surface area contributed by atoms with Gasteiger partial charge in [-0.25, -0.2) is 4.98 Å². The van der Waals surface area contributed by atoms with E-state index in [-0.39, 0.29) is 0 Å². The molecule has 0 saturated carbocycles. The molecule has 7 nitrogen and oxygen atoms in total. The van der Waals surface area contributed by atoms with Crippen molar-refractivity contribution in [3.05, 3.63) is 53.4 Å². The number of hydrogen-bond acceptors (Lipinski definition) is 7. The Morgan fingerprint density at radius 1 is 0.931 bits per heavy atom. The molecule has 4 rings (SSSR count). The number of benzene rings is 1. The van der Waals surface area contributed by atoms with Gasteiger partial charge in [-0.15, -0.1) is 0 Å². The monoisotopic (exact) mass is 409 g/mol. The summed E-state index contributed by atoms with van der Waals surface area (Å²) in [6.07, 6.45) is 0.729. The summed E-state index contributed by atoms with van der Waals surface area (Å²) < 4.78 is 0. The predicted molar refractivity (Wildman–Crippen MR) is 117 cm³/mol. The van der Waals surface area contributed by atoms with E-state index in [2.05, 4.69) is 42.1 Å². The van der Waals surface area contributed by atoms with E-state index in [1.807, 2.05) is 43.3 Å². The molecule has 8 heteroatoms. The summed E-state index contributed by atoms with van der Waals surface area (Å²) in [5.41, 5.74) is 1.98. The Morgan fingerprint density at radius 3 is 2.41 bits per heavy atom. The molecule has 2 aromatic heterocycles. The normalized spacial score (nSPS) is 14.8. The predicted octanol–water partition coefficient (Wildman–Crippen LogP) is 3.64. The van der Waals surface area contributed by atoms with Crippen LogP contribution in [0.15, 0.2) is 42.5 Å². The Labute approximate surface area is 175 Å². The van der Waals surface area contributed by atoms with E-state index in [0.29, 0.717) is 22.9 Å². The van der Waals surface area contributed by atoms with Crippen molar-refractivity contribution >= 4 is 29.3 Å². The lowest BCUT2D eigenvalue weighted by atomic mass is 10.1. The van der Waals surface area contributed by atoms with Crippen LogP contribution in [0.4, 0.5) is 17.7 Å². The summed E-state index contributed by atoms with van der Waals surface area (Å²) in [5, 5.41) is 3.69. The topological polar surface area (TPSA) is 70.1 Å². The Balaban J connectivity index is 1.68. The molecule has 0 radical (unpaired) electrons. The third kappa shape index (κ3) is 4.63. The van der Waals surface area contributed by atoms with Crippen LogP contribution in [0.5, 0.6) is 0 Å². The molecular formula is C21H24ClN7. The van der Waals surface area contributed by atoms with Crippen molar-refractivity contribution in [2.75, 3.05) is 43.4 Å². The minimum absolute atomic E-state index is 0.413. The van der Waals surface area contributed by atoms with Gasteiger partial charge < -0.3 is 15.1 Å². The molecule has 0 amide bonds. The molecule has 1 aliphatic heterocycles. The number of aromatic nitrogens is 4. The van der Waals surface area contributed by atoms with Gasteiger partial charge in [-0.2, -0.15) is 15.0 Å². The van der Waals surface area contributed by atoms with Gasteiger partial charge in [0.25, 0.3) is 0 Å². The highest BCUT2D eigenvalue weighted by atomic mass is 35.5. The lowest BCUT2D eigenvalue weighted by Gasteiger charge is -2.32. The first-order valence-electron chi connectivity index (χ1n) is 9.80. The number of likely N-dealkylation sites (N-methyl/N-ethyl adjacent to an activating group) is 1. The van der Waals surface area contributed by atoms with Crippen LogP contribution in [0.3, 0.4) is 0 Å². The van der Waals surface area contributed by atoms with E-state index in [1.165, 1.54) is 0 Å². The summed E-state index contributed by atoms with van der Waals surface area (Å²) in [6, 6.07) is 13.8. The average Bonchev–Trinajstić information content (AvgIpc) is 2.75. The Hall–Kier alpha value is -2.77. The van der Waals surface area contributed by atoms with Gasteiger partial charge >= 0.3 is 0 Å². The van der Waals surface area contributed by atoms with Crippen LogP contribution in [0.1, 0.15) is 12.7 Å². The summed E-state index contributed by atoms with van der Waals surface area (Å²) in [5.74, 6) is 2.56. The first kappa shape index (κ1) is 19.5. The van der Waals surface area contributed by atoms with E-state index in [4.69, 9.17) is 11.6 Å². The maximum absolute atomic E-state index is 6.18. The number of pyridine rings is 1. The minimum atomic E-state index is 0.413. The molecule has 0 bridgehead atoms. The number of rotatable bonds is 5. The maximum Gasteiger partial charge on any atom is 0.233 e. The first-order chi connectivity index (χ1) is 14.1. The van der Waals surface area contributed by atoms with E-state index >= 15 is 0 Å². The van der Waals surface area contributed by atoms with Crippen molar-refractivity contribution in [2.24, 2.45) is 0 Å². The number of nitrogens with zero attached hydrogens (tertiary/aromatic N) is 6. The van der Waals surface area contributed by atoms with Crippen LogP contribution >= 0.6 is 11.6 Å². The Kier molecular flexibility index (Phi) is 5.87. The fourth-order valence-electron chi connectivity index (χ4n) is 3.26. The van der Waals surface area contributed by atoms with Crippen molar-refractivity contribution in [3.63, 3.8) is 0 Å². The number of hydrogen-bond donors (Lipinski definition) is 1. The molecule has 0 unspecified atom stereocenters. The highest BCUT2D eigenvalue weighted by molar-refractivity contribution is 6.29. The highest BCUT2D eigenvalue weighted by Gasteiger charge is 2.19. The summed E-state index contributed by atoms with van der Waals surface area (Å²) in [6.45, 7) is 5.81. The molecule has 0 spiro atoms. The molecule has 1 saturated heterocycles. The SMILES string of the molecule is CCc1nc(Nc2nc(Cl)ccc2-c2ccccc2)nc(N2CCN(C)CC2)n1. The van der Waals surface area contributed by atoms with Crippen molar-refractivity contribution < 1.29 is 0 Å². The molecule has 1 N–H and O–H groups in total. The molecule has 3 aromatic rings. The van der Waals surface area contributed by atoms with Crippen LogP contribution in [0, 0.1) is 0 Å². The van der Waals surface area contributed by atoms with Gasteiger partial charge in [0.05, 0.1) is 0 Å². The molecule has 1 aromatic carbocycles. The summed E-state index contributed by atoms with van der Waals surface area (Å²) >= 11 is 6.18. The second-order valence-corrected chi connectivity index (χ2v) is 7.43. The second-order valence-electron chi connectivity index (χ2n) is 7.04. The number of piperazine rings is 1. The lowest BCUT2D eigenvalue weighted by molar-refractivity contribution is 0.311. The smallest absolute Gasteiger partial charge is 0.233 e. The largest absolute Gasteiger partial charge is 0.338 e. The van der Waals surface area contributed by atoms with Crippen molar-refractivity contribution in [2.45, 2.75) is 13.3 Å². The Morgan fingerprint density at radius 2 is 1.69 bits per heavy atom. The first-order valence-corrected chi connectivity index (χ1v) is 10.2. The molecule has 1 fully saturated rings. The van der Waals surface area contributed by atoms with Crippen molar-refractivity contribution in [3.8, 4) is 11.1 Å². The van der Waals surface area contributed by atoms with Gasteiger partial charge in [0.2, 0.25) is 11.9 Å². The zero-order valence-electron chi connectivity index (χ0n) is 16.6. The number of anilines is 3. The quantitative estimate of drug-likeness (QED) is 0.645. The molecular weight excluding hydrogens is 386 g/mol. The van der Waals surface area contributed by atoms with Gasteiger partial charge in [0.15, 0.2) is 0 Å². The fourth-order valence-corrected chi connectivity index (χ4v) is 3.40. The van der Waals surface area contributed by atoms with Crippen LogP contribution in [-0.2, 0) is 6.42 Å². The van der Waals surface area contributed by atoms with E-state index in [1.54, 1.807) is 6.07 Å². The number of nitrogens with one attached hydrogen (secondary N) is 1. The zero-order chi connectivity index (χ0) is 20.2. The third-order valence-corrected chi connectivity index (χ3v) is 5.16. The van der Waals surface area contributed by atoms with E-state index in [9.17, 15) is 0 Å². The van der Waals surface area contributed by atoms with Crippen LogP contribution < -0.4 is 10.2 Å². The second kappa shape index (κ2) is 8.71. The molecule has 1 aliphatic rings. The van der Waals surface area contributed by atoms with Gasteiger partial charge in [0, 0.05) is 38.2 Å². The number of halogens is 1. The van der Waals surface area contributed by atoms with E-state index < -0.39 is 0 Å². The third-order valence-electron chi connectivity index (χ3n) is 4.95. The molecule has 0 atom stereocenters. The van der Waals surface area contributed by atoms with Crippen molar-refractivity contribution in [1.82, 2.24) is 24.8 Å². The minimum Gasteiger partial charge on any atom is -0.338 e. The van der Waals surface area contributed by atoms with Crippen molar-refractivity contribution in [1.29, 1.82) is 0 Å². The van der Waals surface area contributed by atoms with Gasteiger partial charge in [-0.3, -0.25) is 0 Å². The van der Waals surface area contributed by atoms with Gasteiger partial charge in [-0.1, -0.05) is 48.9 Å². The standard InChI is InChI=1S/C21H24ClN7/c1-3-18-24-20(27-21(25-18)29-13-11-28(2)12-14-29)26-19-16(9-10-17(22)23-19)15-7-5-4-6-8-15/h4-10H,3,11-14H2,1-2H3,(H,23,24,25,26,27). The molecule has 0 aliphatic carbocycles.